The highest BCUT2D eigenvalue weighted by Crippen LogP contribution is 2.43. The molecule has 1 aliphatic heterocycles. The van der Waals surface area contributed by atoms with Crippen molar-refractivity contribution < 1.29 is 14.1 Å². The summed E-state index contributed by atoms with van der Waals surface area (Å²) in [7, 11) is 0. The molecule has 1 aliphatic rings. The van der Waals surface area contributed by atoms with Gasteiger partial charge in [0.1, 0.15) is 16.6 Å². The number of ketones is 1. The van der Waals surface area contributed by atoms with Crippen LogP contribution in [0, 0.1) is 27.4 Å². The number of carbonyl (C=O) groups is 1. The SMILES string of the molecule is CC(=O)C1C(C)=NC(SCc2cccc([N+](=O)[O-])c2)=C(C#N)[C@H]1c1ccco1. The molecule has 1 aromatic heterocycles. The Morgan fingerprint density at radius 1 is 1.39 bits per heavy atom. The van der Waals surface area contributed by atoms with Crippen LogP contribution in [0.1, 0.15) is 31.1 Å². The van der Waals surface area contributed by atoms with E-state index in [1.807, 2.05) is 0 Å². The predicted molar refractivity (Wildman–Crippen MR) is 106 cm³/mol. The number of aliphatic imine (C=N–C) groups is 1. The third-order valence-corrected chi connectivity index (χ3v) is 5.57. The maximum absolute atomic E-state index is 12.2. The molecule has 8 heteroatoms. The highest BCUT2D eigenvalue weighted by atomic mass is 32.2. The van der Waals surface area contributed by atoms with Crippen LogP contribution >= 0.6 is 11.8 Å². The number of rotatable bonds is 6. The molecule has 0 spiro atoms. The fourth-order valence-corrected chi connectivity index (χ4v) is 4.29. The number of non-ortho nitro benzene ring substituents is 1. The topological polar surface area (TPSA) is 109 Å². The predicted octanol–water partition coefficient (Wildman–Crippen LogP) is 4.62. The zero-order valence-electron chi connectivity index (χ0n) is 15.3. The minimum absolute atomic E-state index is 0.0148. The number of hydrogen-bond donors (Lipinski definition) is 0. The van der Waals surface area contributed by atoms with Gasteiger partial charge in [0, 0.05) is 23.6 Å². The molecule has 1 unspecified atom stereocenters. The number of furan rings is 1. The lowest BCUT2D eigenvalue weighted by atomic mass is 9.78. The highest BCUT2D eigenvalue weighted by molar-refractivity contribution is 8.02. The smallest absolute Gasteiger partial charge is 0.269 e. The molecule has 2 heterocycles. The molecule has 0 saturated heterocycles. The van der Waals surface area contributed by atoms with Crippen molar-refractivity contribution in [1.29, 1.82) is 5.26 Å². The summed E-state index contributed by atoms with van der Waals surface area (Å²) >= 11 is 1.32. The zero-order chi connectivity index (χ0) is 20.3. The first kappa shape index (κ1) is 19.6. The van der Waals surface area contributed by atoms with Crippen LogP contribution in [-0.4, -0.2) is 16.4 Å². The number of nitriles is 1. The van der Waals surface area contributed by atoms with E-state index in [-0.39, 0.29) is 11.5 Å². The number of thioether (sulfide) groups is 1. The second kappa shape index (κ2) is 8.23. The number of nitro benzene ring substituents is 1. The molecule has 0 amide bonds. The molecular formula is C20H17N3O4S. The number of benzene rings is 1. The maximum atomic E-state index is 12.2. The maximum Gasteiger partial charge on any atom is 0.269 e. The fraction of sp³-hybridized carbons (Fsp3) is 0.250. The van der Waals surface area contributed by atoms with Gasteiger partial charge in [0.05, 0.1) is 34.7 Å². The lowest BCUT2D eigenvalue weighted by Crippen LogP contribution is -2.31. The second-order valence-electron chi connectivity index (χ2n) is 6.38. The highest BCUT2D eigenvalue weighted by Gasteiger charge is 2.39. The van der Waals surface area contributed by atoms with Crippen LogP contribution in [0.25, 0.3) is 0 Å². The van der Waals surface area contributed by atoms with Gasteiger partial charge in [0.15, 0.2) is 0 Å². The number of allylic oxidation sites excluding steroid dienone is 1. The Morgan fingerprint density at radius 2 is 2.18 bits per heavy atom. The molecule has 2 aromatic rings. The summed E-state index contributed by atoms with van der Waals surface area (Å²) in [5, 5.41) is 21.3. The normalized spacial score (nSPS) is 19.1. The summed E-state index contributed by atoms with van der Waals surface area (Å²) < 4.78 is 5.51. The van der Waals surface area contributed by atoms with Crippen molar-refractivity contribution in [2.24, 2.45) is 10.9 Å². The molecule has 1 aromatic carbocycles. The number of carbonyl (C=O) groups excluding carboxylic acids is 1. The average Bonchev–Trinajstić information content (AvgIpc) is 3.20. The van der Waals surface area contributed by atoms with E-state index >= 15 is 0 Å². The van der Waals surface area contributed by atoms with Gasteiger partial charge in [-0.15, -0.1) is 11.8 Å². The fourth-order valence-electron chi connectivity index (χ4n) is 3.27. The summed E-state index contributed by atoms with van der Waals surface area (Å²) in [5.74, 6) is -0.211. The molecule has 0 aliphatic carbocycles. The monoisotopic (exact) mass is 395 g/mol. The van der Waals surface area contributed by atoms with Crippen molar-refractivity contribution in [3.05, 3.63) is 74.7 Å². The van der Waals surface area contributed by atoms with Gasteiger partial charge < -0.3 is 4.42 Å². The summed E-state index contributed by atoms with van der Waals surface area (Å²) in [5.41, 5.74) is 1.76. The van der Waals surface area contributed by atoms with Gasteiger partial charge >= 0.3 is 0 Å². The van der Waals surface area contributed by atoms with E-state index in [0.717, 1.165) is 5.56 Å². The summed E-state index contributed by atoms with van der Waals surface area (Å²) in [4.78, 5) is 27.3. The first-order valence-corrected chi connectivity index (χ1v) is 9.50. The van der Waals surface area contributed by atoms with Crippen molar-refractivity contribution >= 4 is 28.9 Å². The van der Waals surface area contributed by atoms with Gasteiger partial charge in [-0.3, -0.25) is 14.9 Å². The Morgan fingerprint density at radius 3 is 2.79 bits per heavy atom. The molecule has 28 heavy (non-hydrogen) atoms. The molecule has 142 valence electrons. The minimum atomic E-state index is -0.553. The third-order valence-electron chi connectivity index (χ3n) is 4.51. The van der Waals surface area contributed by atoms with Crippen LogP contribution in [0.5, 0.6) is 0 Å². The largest absolute Gasteiger partial charge is 0.469 e. The molecular weight excluding hydrogens is 378 g/mol. The molecule has 0 saturated carbocycles. The molecule has 0 fully saturated rings. The van der Waals surface area contributed by atoms with Gasteiger partial charge in [0.25, 0.3) is 5.69 Å². The number of hydrogen-bond acceptors (Lipinski definition) is 7. The first-order chi connectivity index (χ1) is 13.4. The van der Waals surface area contributed by atoms with E-state index < -0.39 is 16.8 Å². The molecule has 3 rings (SSSR count). The van der Waals surface area contributed by atoms with E-state index in [4.69, 9.17) is 4.42 Å². The molecule has 2 atom stereocenters. The van der Waals surface area contributed by atoms with Crippen molar-refractivity contribution in [3.8, 4) is 6.07 Å². The summed E-state index contributed by atoms with van der Waals surface area (Å²) in [6.45, 7) is 3.25. The van der Waals surface area contributed by atoms with Crippen LogP contribution in [0.3, 0.4) is 0 Å². The van der Waals surface area contributed by atoms with Crippen molar-refractivity contribution in [1.82, 2.24) is 0 Å². The zero-order valence-corrected chi connectivity index (χ0v) is 16.1. The Kier molecular flexibility index (Phi) is 5.76. The van der Waals surface area contributed by atoms with Crippen LogP contribution < -0.4 is 0 Å². The quantitative estimate of drug-likeness (QED) is 0.521. The standard InChI is InChI=1S/C20H17N3O4S/c1-12-18(13(2)24)19(17-7-4-8-27-17)16(10-21)20(22-12)28-11-14-5-3-6-15(9-14)23(25)26/h3-9,18-19H,11H2,1-2H3/t18?,19-/m0/s1. The number of Topliss-reactive ketones (excluding diaryl/α,β-unsaturated/α-hetero) is 1. The molecule has 0 N–H and O–H groups in total. The van der Waals surface area contributed by atoms with Crippen LogP contribution in [0.2, 0.25) is 0 Å². The molecule has 0 bridgehead atoms. The van der Waals surface area contributed by atoms with Gasteiger partial charge in [-0.05, 0) is 31.5 Å². The van der Waals surface area contributed by atoms with Crippen LogP contribution in [0.4, 0.5) is 5.69 Å². The van der Waals surface area contributed by atoms with E-state index in [0.29, 0.717) is 27.8 Å². The third kappa shape index (κ3) is 3.89. The Bertz CT molecular complexity index is 1020. The van der Waals surface area contributed by atoms with Crippen molar-refractivity contribution in [2.75, 3.05) is 0 Å². The van der Waals surface area contributed by atoms with Gasteiger partial charge in [0.2, 0.25) is 0 Å². The van der Waals surface area contributed by atoms with E-state index in [1.165, 1.54) is 37.1 Å². The molecule has 0 radical (unpaired) electrons. The lowest BCUT2D eigenvalue weighted by Gasteiger charge is -2.28. The minimum Gasteiger partial charge on any atom is -0.469 e. The van der Waals surface area contributed by atoms with Crippen LogP contribution in [0.15, 0.2) is 62.7 Å². The molecule has 7 nitrogen and oxygen atoms in total. The lowest BCUT2D eigenvalue weighted by molar-refractivity contribution is -0.384. The first-order valence-electron chi connectivity index (χ1n) is 8.51. The van der Waals surface area contributed by atoms with Gasteiger partial charge in [-0.1, -0.05) is 12.1 Å². The van der Waals surface area contributed by atoms with E-state index in [1.54, 1.807) is 31.2 Å². The van der Waals surface area contributed by atoms with Gasteiger partial charge in [-0.25, -0.2) is 4.99 Å². The van der Waals surface area contributed by atoms with Gasteiger partial charge in [-0.2, -0.15) is 5.26 Å². The summed E-state index contributed by atoms with van der Waals surface area (Å²) in [6, 6.07) is 12.0. The van der Waals surface area contributed by atoms with Crippen LogP contribution in [-0.2, 0) is 10.5 Å². The van der Waals surface area contributed by atoms with E-state index in [2.05, 4.69) is 11.1 Å². The second-order valence-corrected chi connectivity index (χ2v) is 7.34. The Hall–Kier alpha value is -3.18. The van der Waals surface area contributed by atoms with Crippen molar-refractivity contribution in [2.45, 2.75) is 25.5 Å². The number of nitro groups is 1. The number of nitrogens with zero attached hydrogens (tertiary/aromatic N) is 3. The Labute approximate surface area is 165 Å². The summed E-state index contributed by atoms with van der Waals surface area (Å²) in [6.07, 6.45) is 1.51. The Balaban J connectivity index is 1.95. The average molecular weight is 395 g/mol. The van der Waals surface area contributed by atoms with E-state index in [9.17, 15) is 20.2 Å². The van der Waals surface area contributed by atoms with Crippen molar-refractivity contribution in [3.63, 3.8) is 0 Å².